The number of hydrogen-bond donors (Lipinski definition) is 1. The number of alkyl halides is 3. The fourth-order valence-corrected chi connectivity index (χ4v) is 8.45. The van der Waals surface area contributed by atoms with E-state index in [0.29, 0.717) is 0 Å². The van der Waals surface area contributed by atoms with Gasteiger partial charge in [0.05, 0.1) is 0 Å². The largest absolute Gasteiger partial charge is 0.376 e. The Labute approximate surface area is 67.8 Å². The molecule has 1 N–H and O–H groups in total. The van der Waals surface area contributed by atoms with Crippen molar-refractivity contribution in [3.8, 4) is 0 Å². The summed E-state index contributed by atoms with van der Waals surface area (Å²) < 4.78 is 63.3. The number of hydrogen-bond acceptors (Lipinski definition) is 2. The van der Waals surface area contributed by atoms with Gasteiger partial charge in [0.1, 0.15) is 0 Å². The van der Waals surface area contributed by atoms with Crippen molar-refractivity contribution in [3.05, 3.63) is 0 Å². The Morgan fingerprint density at radius 1 is 1.45 bits per heavy atom. The topological polar surface area (TPSA) is 54.4 Å². The van der Waals surface area contributed by atoms with E-state index in [1.807, 2.05) is 0 Å². The molecule has 0 aromatic rings. The fourth-order valence-electron chi connectivity index (χ4n) is 0.282. The van der Waals surface area contributed by atoms with Crippen LogP contribution in [0, 0.1) is 0 Å². The van der Waals surface area contributed by atoms with Gasteiger partial charge in [-0.3, -0.25) is 4.55 Å². The molecule has 11 heavy (non-hydrogen) atoms. The van der Waals surface area contributed by atoms with Crippen LogP contribution in [0.5, 0.6) is 0 Å². The molecule has 0 aliphatic rings. The second-order valence-electron chi connectivity index (χ2n) is 1.43. The van der Waals surface area contributed by atoms with E-state index in [1.54, 1.807) is 0 Å². The highest BCUT2D eigenvalue weighted by atomic mass is 32.4. The van der Waals surface area contributed by atoms with E-state index in [1.165, 1.54) is 0 Å². The lowest BCUT2D eigenvalue weighted by molar-refractivity contribution is -0.0464. The normalized spacial score (nSPS) is 14.0. The minimum absolute atomic E-state index is 1.00. The smallest absolute Gasteiger partial charge is 0.291 e. The molecule has 0 aliphatic heterocycles. The molecule has 0 heterocycles. The first kappa shape index (κ1) is 11.4. The van der Waals surface area contributed by atoms with E-state index in [9.17, 15) is 21.6 Å². The number of rotatable bonds is 2. The van der Waals surface area contributed by atoms with Crippen molar-refractivity contribution in [1.82, 2.24) is 0 Å². The lowest BCUT2D eigenvalue weighted by Crippen LogP contribution is -2.47. The molecule has 0 unspecified atom stereocenters. The van der Waals surface area contributed by atoms with Crippen molar-refractivity contribution in [3.63, 3.8) is 0 Å². The molecule has 3 nitrogen and oxygen atoms in total. The summed E-state index contributed by atoms with van der Waals surface area (Å²) in [4.78, 5) is 0. The van der Waals surface area contributed by atoms with Crippen LogP contribution in [0.2, 0.25) is 0 Å². The van der Waals surface area contributed by atoms with E-state index in [4.69, 9.17) is 4.55 Å². The van der Waals surface area contributed by atoms with Crippen LogP contribution in [-0.4, -0.2) is 44.5 Å². The van der Waals surface area contributed by atoms with E-state index in [-0.39, 0.29) is 0 Å². The Morgan fingerprint density at radius 2 is 1.82 bits per heavy atom. The Morgan fingerprint density at radius 3 is 1.82 bits per heavy atom. The third kappa shape index (κ3) is 3.50. The van der Waals surface area contributed by atoms with Crippen molar-refractivity contribution in [2.75, 3.05) is 0 Å². The maximum absolute atomic E-state index is 11.7. The van der Waals surface area contributed by atoms with Gasteiger partial charge in [0.15, 0.2) is 0 Å². The molecule has 6 radical (unpaired) electrons. The molecule has 0 atom stereocenters. The summed E-state index contributed by atoms with van der Waals surface area (Å²) in [5.74, 6) is -4.82. The molecule has 0 aliphatic carbocycles. The molecule has 0 spiro atoms. The molecule has 0 saturated heterocycles. The second kappa shape index (κ2) is 3.39. The van der Waals surface area contributed by atoms with E-state index in [0.717, 1.165) is 0 Å². The van der Waals surface area contributed by atoms with Crippen molar-refractivity contribution < 1.29 is 26.1 Å². The van der Waals surface area contributed by atoms with Gasteiger partial charge in [-0.05, 0) is 0 Å². The van der Waals surface area contributed by atoms with Gasteiger partial charge in [0.25, 0.3) is 0 Å². The summed E-state index contributed by atoms with van der Waals surface area (Å²) >= 11 is 0. The third-order valence-electron chi connectivity index (χ3n) is 0.629. The minimum atomic E-state index is -4.93. The molecule has 0 saturated carbocycles. The molecule has 0 aromatic heterocycles. The molecular weight excluding hydrogens is 233 g/mol. The molecule has 0 bridgehead atoms. The van der Waals surface area contributed by atoms with Crippen molar-refractivity contribution in [2.45, 2.75) is 5.80 Å². The lowest BCUT2D eigenvalue weighted by Gasteiger charge is -2.11. The molecule has 0 rings (SSSR count). The van der Waals surface area contributed by atoms with Gasteiger partial charge >= 0.3 is 13.3 Å². The van der Waals surface area contributed by atoms with Gasteiger partial charge < -0.3 is 0 Å². The molecule has 10 heteroatoms. The standard InChI is InChI=1S/CHF3O3SSi3/c2-1(3,4)11(10-9)8(5,6)7/h(H,5,6,7). The summed E-state index contributed by atoms with van der Waals surface area (Å²) in [7, 11) is -7.23. The van der Waals surface area contributed by atoms with E-state index < -0.39 is 31.4 Å². The molecular formula is CHF3O3SSi3. The predicted octanol–water partition coefficient (Wildman–Crippen LogP) is -0.748. The van der Waals surface area contributed by atoms with Crippen LogP contribution >= 0.6 is 0 Å². The lowest BCUT2D eigenvalue weighted by atomic mass is 11.5. The average molecular weight is 234 g/mol. The van der Waals surface area contributed by atoms with Crippen molar-refractivity contribution >= 4 is 35.3 Å². The van der Waals surface area contributed by atoms with Gasteiger partial charge in [0, 0.05) is 18.3 Å². The molecule has 0 amide bonds. The quantitative estimate of drug-likeness (QED) is 0.505. The zero-order valence-corrected chi connectivity index (χ0v) is 8.62. The third-order valence-corrected chi connectivity index (χ3v) is 12.8. The van der Waals surface area contributed by atoms with E-state index >= 15 is 0 Å². The van der Waals surface area contributed by atoms with Gasteiger partial charge in [-0.1, -0.05) is 0 Å². The number of halogens is 3. The van der Waals surface area contributed by atoms with Crippen LogP contribution in [0.25, 0.3) is 0 Å². The average Bonchev–Trinajstić information content (AvgIpc) is 1.56. The summed E-state index contributed by atoms with van der Waals surface area (Å²) in [6, 6.07) is 0. The summed E-state index contributed by atoms with van der Waals surface area (Å²) in [6.45, 7) is 0. The Balaban J connectivity index is 4.72. The van der Waals surface area contributed by atoms with Crippen molar-refractivity contribution in [1.29, 1.82) is 0 Å². The van der Waals surface area contributed by atoms with Crippen molar-refractivity contribution in [2.24, 2.45) is 0 Å². The molecule has 0 aromatic carbocycles. The van der Waals surface area contributed by atoms with Crippen LogP contribution in [0.1, 0.15) is 0 Å². The van der Waals surface area contributed by atoms with Gasteiger partial charge in [-0.15, -0.1) is 0 Å². The summed E-state index contributed by atoms with van der Waals surface area (Å²) in [5.41, 5.74) is 0. The first-order valence-electron chi connectivity index (χ1n) is 2.04. The van der Waals surface area contributed by atoms with Gasteiger partial charge in [-0.2, -0.15) is 13.2 Å². The highest BCUT2D eigenvalue weighted by molar-refractivity contribution is 8.20. The molecule has 0 fully saturated rings. The van der Waals surface area contributed by atoms with Crippen LogP contribution < -0.4 is 0 Å². The fraction of sp³-hybridized carbons (Fsp3) is 1.00. The van der Waals surface area contributed by atoms with Crippen LogP contribution in [0.3, 0.4) is 0 Å². The van der Waals surface area contributed by atoms with Gasteiger partial charge in [-0.25, -0.2) is 8.42 Å². The Kier molecular flexibility index (Phi) is 3.49. The molecule has 62 valence electrons. The Bertz CT molecular complexity index is 220. The van der Waals surface area contributed by atoms with Crippen LogP contribution in [0.15, 0.2) is 0 Å². The maximum atomic E-state index is 11.7. The second-order valence-corrected chi connectivity index (χ2v) is 12.2. The zero-order valence-electron chi connectivity index (χ0n) is 4.81. The highest BCUT2D eigenvalue weighted by Gasteiger charge is 2.50. The Hall–Kier alpha value is 0.351. The maximum Gasteiger partial charge on any atom is 0.376 e. The summed E-state index contributed by atoms with van der Waals surface area (Å²) in [5, 5.41) is 0. The monoisotopic (exact) mass is 234 g/mol. The predicted molar refractivity (Wildman–Crippen MR) is 34.9 cm³/mol. The first-order chi connectivity index (χ1) is 4.69. The zero-order chi connectivity index (χ0) is 9.28. The first-order valence-corrected chi connectivity index (χ1v) is 9.20. The van der Waals surface area contributed by atoms with Gasteiger partial charge in [0.2, 0.25) is 9.57 Å². The highest BCUT2D eigenvalue weighted by Crippen LogP contribution is 2.20. The van der Waals surface area contributed by atoms with Crippen LogP contribution in [-0.2, 0) is 9.57 Å². The van der Waals surface area contributed by atoms with Crippen LogP contribution in [0.4, 0.5) is 13.2 Å². The SMILES string of the molecule is O=S(=O)(O)[Si]([Si][Si])C(F)(F)F. The minimum Gasteiger partial charge on any atom is -0.291 e. The van der Waals surface area contributed by atoms with E-state index in [2.05, 4.69) is 9.76 Å². The summed E-state index contributed by atoms with van der Waals surface area (Å²) in [6.07, 6.45) is 0.